The highest BCUT2D eigenvalue weighted by atomic mass is 35.5. The molecule has 0 aliphatic carbocycles. The molecule has 1 atom stereocenters. The van der Waals surface area contributed by atoms with Gasteiger partial charge in [-0.3, -0.25) is 14.2 Å². The van der Waals surface area contributed by atoms with Gasteiger partial charge in [0.15, 0.2) is 5.82 Å². The van der Waals surface area contributed by atoms with Gasteiger partial charge < -0.3 is 19.9 Å². The molecule has 0 bridgehead atoms. The molecule has 188 valence electrons. The van der Waals surface area contributed by atoms with Crippen molar-refractivity contribution in [3.63, 3.8) is 0 Å². The fourth-order valence-corrected chi connectivity index (χ4v) is 4.93. The number of aromatic amines is 1. The van der Waals surface area contributed by atoms with Gasteiger partial charge in [-0.25, -0.2) is 14.5 Å². The summed E-state index contributed by atoms with van der Waals surface area (Å²) in [6, 6.07) is 10.7. The number of hydrogen-bond donors (Lipinski definition) is 2. The number of amides is 1. The Kier molecular flexibility index (Phi) is 5.85. The fraction of sp³-hybridized carbons (Fsp3) is 0.240. The number of carbonyl (C=O) groups is 1. The molecular formula is C25H23ClN8O3. The minimum Gasteiger partial charge on any atom is -0.383 e. The molecule has 4 aromatic heterocycles. The molecule has 0 saturated carbocycles. The van der Waals surface area contributed by atoms with Crippen LogP contribution >= 0.6 is 11.6 Å². The summed E-state index contributed by atoms with van der Waals surface area (Å²) in [5.41, 5.74) is 1.73. The summed E-state index contributed by atoms with van der Waals surface area (Å²) in [6.45, 7) is 1.45. The van der Waals surface area contributed by atoms with Crippen LogP contribution in [0.15, 0.2) is 59.9 Å². The maximum absolute atomic E-state index is 13.7. The Balaban J connectivity index is 1.47. The molecule has 1 fully saturated rings. The second kappa shape index (κ2) is 9.34. The van der Waals surface area contributed by atoms with Crippen LogP contribution < -0.4 is 15.8 Å². The minimum atomic E-state index is -0.268. The molecule has 12 heteroatoms. The predicted octanol–water partition coefficient (Wildman–Crippen LogP) is 2.74. The third-order valence-corrected chi connectivity index (χ3v) is 6.86. The van der Waals surface area contributed by atoms with Crippen LogP contribution in [0, 0.1) is 0 Å². The zero-order chi connectivity index (χ0) is 25.5. The Morgan fingerprint density at radius 2 is 2.08 bits per heavy atom. The van der Waals surface area contributed by atoms with Gasteiger partial charge in [0.05, 0.1) is 34.3 Å². The lowest BCUT2D eigenvalue weighted by molar-refractivity contribution is 0.0938. The second-order valence-corrected chi connectivity index (χ2v) is 9.07. The van der Waals surface area contributed by atoms with Crippen LogP contribution in [0.1, 0.15) is 28.6 Å². The van der Waals surface area contributed by atoms with E-state index >= 15 is 0 Å². The number of aromatic nitrogens is 6. The largest absolute Gasteiger partial charge is 0.383 e. The maximum atomic E-state index is 13.7. The Hall–Kier alpha value is -4.22. The number of methoxy groups -OCH3 is 1. The lowest BCUT2D eigenvalue weighted by atomic mass is 10.0. The Bertz CT molecular complexity index is 1680. The SMILES string of the molecule is COCCNC(=O)c1c[nH]c2ncnc(N3CC[C@H]3c3nn4ccc(Cl)c4c(=O)n3-c3ccccc3)c12. The first kappa shape index (κ1) is 23.2. The first-order valence-electron chi connectivity index (χ1n) is 11.8. The molecule has 6 rings (SSSR count). The van der Waals surface area contributed by atoms with E-state index in [-0.39, 0.29) is 17.5 Å². The van der Waals surface area contributed by atoms with E-state index in [0.29, 0.717) is 64.2 Å². The Morgan fingerprint density at radius 1 is 1.24 bits per heavy atom. The van der Waals surface area contributed by atoms with Gasteiger partial charge in [0.25, 0.3) is 11.5 Å². The van der Waals surface area contributed by atoms with Crippen molar-refractivity contribution in [2.24, 2.45) is 0 Å². The first-order valence-corrected chi connectivity index (χ1v) is 12.2. The number of benzene rings is 1. The quantitative estimate of drug-likeness (QED) is 0.318. The van der Waals surface area contributed by atoms with Gasteiger partial charge in [-0.2, -0.15) is 5.10 Å². The van der Waals surface area contributed by atoms with Crippen LogP contribution in [0.5, 0.6) is 0 Å². The summed E-state index contributed by atoms with van der Waals surface area (Å²) in [5.74, 6) is 0.897. The minimum absolute atomic E-state index is 0.251. The van der Waals surface area contributed by atoms with Crippen molar-refractivity contribution >= 4 is 39.9 Å². The summed E-state index contributed by atoms with van der Waals surface area (Å²) in [6.07, 6.45) is 5.51. The zero-order valence-corrected chi connectivity index (χ0v) is 20.6. The molecule has 2 N–H and O–H groups in total. The molecule has 5 aromatic rings. The van der Waals surface area contributed by atoms with Gasteiger partial charge in [-0.1, -0.05) is 29.8 Å². The summed E-state index contributed by atoms with van der Waals surface area (Å²) >= 11 is 6.34. The van der Waals surface area contributed by atoms with Crippen molar-refractivity contribution in [2.75, 3.05) is 31.7 Å². The summed E-state index contributed by atoms with van der Waals surface area (Å²) in [7, 11) is 1.58. The van der Waals surface area contributed by atoms with Crippen LogP contribution in [0.4, 0.5) is 5.82 Å². The maximum Gasteiger partial charge on any atom is 0.284 e. The van der Waals surface area contributed by atoms with E-state index in [2.05, 4.69) is 20.3 Å². The molecule has 1 amide bonds. The van der Waals surface area contributed by atoms with Crippen molar-refractivity contribution in [1.82, 2.24) is 34.4 Å². The van der Waals surface area contributed by atoms with Crippen LogP contribution in [0.3, 0.4) is 0 Å². The smallest absolute Gasteiger partial charge is 0.284 e. The molecular weight excluding hydrogens is 496 g/mol. The van der Waals surface area contributed by atoms with Crippen LogP contribution in [0.2, 0.25) is 5.02 Å². The summed E-state index contributed by atoms with van der Waals surface area (Å²) < 4.78 is 8.16. The lowest BCUT2D eigenvalue weighted by Gasteiger charge is -2.42. The molecule has 1 aliphatic heterocycles. The van der Waals surface area contributed by atoms with E-state index in [0.717, 1.165) is 6.42 Å². The van der Waals surface area contributed by atoms with Crippen molar-refractivity contribution in [2.45, 2.75) is 12.5 Å². The number of nitrogens with one attached hydrogen (secondary N) is 2. The summed E-state index contributed by atoms with van der Waals surface area (Å²) in [5, 5.41) is 8.62. The predicted molar refractivity (Wildman–Crippen MR) is 139 cm³/mol. The number of anilines is 1. The van der Waals surface area contributed by atoms with Crippen molar-refractivity contribution in [3.8, 4) is 5.69 Å². The van der Waals surface area contributed by atoms with Gasteiger partial charge >= 0.3 is 0 Å². The number of carbonyl (C=O) groups excluding carboxylic acids is 1. The third kappa shape index (κ3) is 3.83. The number of rotatable bonds is 7. The lowest BCUT2D eigenvalue weighted by Crippen LogP contribution is -2.45. The third-order valence-electron chi connectivity index (χ3n) is 6.55. The zero-order valence-electron chi connectivity index (χ0n) is 19.9. The van der Waals surface area contributed by atoms with Gasteiger partial charge in [0, 0.05) is 32.6 Å². The molecule has 5 heterocycles. The van der Waals surface area contributed by atoms with E-state index in [1.807, 2.05) is 35.2 Å². The fourth-order valence-electron chi connectivity index (χ4n) is 4.70. The van der Waals surface area contributed by atoms with Gasteiger partial charge in [0.2, 0.25) is 0 Å². The van der Waals surface area contributed by atoms with Gasteiger partial charge in [0.1, 0.15) is 23.3 Å². The van der Waals surface area contributed by atoms with Crippen molar-refractivity contribution < 1.29 is 9.53 Å². The molecule has 1 aliphatic rings. The van der Waals surface area contributed by atoms with E-state index < -0.39 is 0 Å². The molecule has 37 heavy (non-hydrogen) atoms. The average Bonchev–Trinajstić information content (AvgIpc) is 3.49. The standard InChI is InChI=1S/C25H23ClN8O3/c1-37-12-9-27-24(35)16-13-28-21-19(16)23(30-14-29-21)32-10-8-18(32)22-31-33-11-7-17(26)20(33)25(36)34(22)15-5-3-2-4-6-15/h2-7,11,13-14,18H,8-10,12H2,1H3,(H,27,35)(H,28,29,30)/t18-/m0/s1. The number of nitrogens with zero attached hydrogens (tertiary/aromatic N) is 6. The van der Waals surface area contributed by atoms with Gasteiger partial charge in [-0.05, 0) is 24.6 Å². The van der Waals surface area contributed by atoms with Crippen LogP contribution in [0.25, 0.3) is 22.2 Å². The number of H-pyrrole nitrogens is 1. The highest BCUT2D eigenvalue weighted by molar-refractivity contribution is 6.33. The number of para-hydroxylation sites is 1. The molecule has 1 aromatic carbocycles. The van der Waals surface area contributed by atoms with Crippen LogP contribution in [-0.2, 0) is 4.74 Å². The van der Waals surface area contributed by atoms with E-state index in [4.69, 9.17) is 21.4 Å². The average molecular weight is 519 g/mol. The Labute approximate surface area is 215 Å². The topological polar surface area (TPSA) is 122 Å². The number of hydrogen-bond acceptors (Lipinski definition) is 7. The summed E-state index contributed by atoms with van der Waals surface area (Å²) in [4.78, 5) is 40.6. The molecule has 0 unspecified atom stereocenters. The molecule has 0 radical (unpaired) electrons. The molecule has 11 nitrogen and oxygen atoms in total. The first-order chi connectivity index (χ1) is 18.1. The Morgan fingerprint density at radius 3 is 2.84 bits per heavy atom. The molecule has 0 spiro atoms. The van der Waals surface area contributed by atoms with Gasteiger partial charge in [-0.15, -0.1) is 0 Å². The number of halogens is 1. The number of ether oxygens (including phenoxy) is 1. The monoisotopic (exact) mass is 518 g/mol. The van der Waals surface area contributed by atoms with Crippen molar-refractivity contribution in [1.29, 1.82) is 0 Å². The van der Waals surface area contributed by atoms with E-state index in [1.165, 1.54) is 10.8 Å². The van der Waals surface area contributed by atoms with Crippen molar-refractivity contribution in [3.05, 3.63) is 81.9 Å². The normalized spacial score (nSPS) is 15.3. The highest BCUT2D eigenvalue weighted by Crippen LogP contribution is 2.40. The van der Waals surface area contributed by atoms with E-state index in [1.54, 1.807) is 30.1 Å². The van der Waals surface area contributed by atoms with E-state index in [9.17, 15) is 9.59 Å². The molecule has 1 saturated heterocycles. The number of fused-ring (bicyclic) bond motifs is 2. The second-order valence-electron chi connectivity index (χ2n) is 8.66. The highest BCUT2D eigenvalue weighted by Gasteiger charge is 2.37. The van der Waals surface area contributed by atoms with Crippen LogP contribution in [-0.4, -0.2) is 61.8 Å².